The Morgan fingerprint density at radius 2 is 1.28 bits per heavy atom. The van der Waals surface area contributed by atoms with Crippen molar-refractivity contribution >= 4 is 36.3 Å². The third-order valence-electron chi connectivity index (χ3n) is 6.09. The predicted octanol–water partition coefficient (Wildman–Crippen LogP) is 0.575. The number of aromatic nitrogens is 1. The van der Waals surface area contributed by atoms with Gasteiger partial charge in [-0.3, -0.25) is 0 Å². The minimum Gasteiger partial charge on any atom is -0.457 e. The van der Waals surface area contributed by atoms with Crippen molar-refractivity contribution in [1.82, 2.24) is 4.98 Å². The maximum Gasteiger partial charge on any atom is 1.00 e. The van der Waals surface area contributed by atoms with Crippen molar-refractivity contribution in [2.24, 2.45) is 0 Å². The fraction of sp³-hybridized carbons (Fsp3) is 0.129. The first-order valence-electron chi connectivity index (χ1n) is 11.9. The molecular formula is C31H31B2N3O5Rb2. The van der Waals surface area contributed by atoms with Crippen molar-refractivity contribution in [3.05, 3.63) is 128 Å². The molecule has 2 aliphatic rings. The van der Waals surface area contributed by atoms with Crippen LogP contribution >= 0.6 is 0 Å². The average molecular weight is 718 g/mol. The molecule has 0 amide bonds. The summed E-state index contributed by atoms with van der Waals surface area (Å²) in [7, 11) is -0.847. The van der Waals surface area contributed by atoms with E-state index in [1.54, 1.807) is 48.5 Å². The van der Waals surface area contributed by atoms with Gasteiger partial charge in [-0.15, -0.1) is 0 Å². The van der Waals surface area contributed by atoms with Gasteiger partial charge >= 0.3 is 130 Å². The Bertz CT molecular complexity index is 1430. The molecule has 208 valence electrons. The molecule has 0 aliphatic carbocycles. The molecule has 12 heteroatoms. The molecule has 0 radical (unpaired) electrons. The Hall–Kier alpha value is -0.990. The maximum absolute atomic E-state index is 9.52. The third kappa shape index (κ3) is 11.1. The van der Waals surface area contributed by atoms with Gasteiger partial charge in [-0.25, -0.2) is 14.7 Å². The summed E-state index contributed by atoms with van der Waals surface area (Å²) in [5.41, 5.74) is 5.17. The molecule has 0 atom stereocenters. The number of hydrogen-bond donors (Lipinski definition) is 1. The second kappa shape index (κ2) is 20.2. The molecule has 0 spiro atoms. The number of fused-ring (bicyclic) bond motifs is 2. The van der Waals surface area contributed by atoms with Gasteiger partial charge in [0.05, 0.1) is 26.4 Å². The Morgan fingerprint density at radius 3 is 1.88 bits per heavy atom. The Labute approximate surface area is 354 Å². The van der Waals surface area contributed by atoms with Crippen LogP contribution in [0.5, 0.6) is 23.1 Å². The van der Waals surface area contributed by atoms with E-state index in [1.165, 1.54) is 17.2 Å². The summed E-state index contributed by atoms with van der Waals surface area (Å²) >= 11 is 0. The Balaban J connectivity index is 0.000000735. The van der Waals surface area contributed by atoms with E-state index in [-0.39, 0.29) is 146 Å². The second-order valence-electron chi connectivity index (χ2n) is 8.61. The van der Waals surface area contributed by atoms with Crippen molar-refractivity contribution in [2.75, 3.05) is 0 Å². The minimum absolute atomic E-state index is 0. The van der Waals surface area contributed by atoms with Crippen LogP contribution in [0.3, 0.4) is 0 Å². The first-order chi connectivity index (χ1) is 18.5. The van der Waals surface area contributed by atoms with Gasteiger partial charge in [-0.2, -0.15) is 0 Å². The number of benzene rings is 3. The van der Waals surface area contributed by atoms with Crippen molar-refractivity contribution in [2.45, 2.75) is 27.5 Å². The number of hydrogen-bond acceptors (Lipinski definition) is 6. The summed E-state index contributed by atoms with van der Waals surface area (Å²) in [5.74, 6) is 2.58. The molecule has 6 rings (SSSR count). The summed E-state index contributed by atoms with van der Waals surface area (Å²) in [6.07, 6.45) is 1.46. The van der Waals surface area contributed by atoms with Gasteiger partial charge in [0, 0.05) is 6.20 Å². The van der Waals surface area contributed by atoms with Crippen molar-refractivity contribution in [1.29, 1.82) is 0 Å². The molecule has 43 heavy (non-hydrogen) atoms. The molecule has 8 nitrogen and oxygen atoms in total. The molecule has 3 heterocycles. The summed E-state index contributed by atoms with van der Waals surface area (Å²) in [4.78, 5) is 10.7. The zero-order chi connectivity index (χ0) is 26.5. The standard InChI is InChI=1S/C15H12BNO2.C13H9BN2O3.CH4.2CH3.2Rb/c1-16-15-8-7-14(9-11(15)10-18-16)19-13-5-3-12(17-2)4-6-13;1-15-10-2-5-13(16-7-10)19-11-3-4-12-9(6-11)8-18-14(12)17;;;;;/h3-9H,10H2,1H3;2-7,17H,8H2;1H4;2*1H3;;/q;;;2*-1;2*+1. The third-order valence-corrected chi connectivity index (χ3v) is 6.09. The fourth-order valence-corrected chi connectivity index (χ4v) is 4.09. The normalized spacial score (nSPS) is 11.4. The second-order valence-corrected chi connectivity index (χ2v) is 8.61. The van der Waals surface area contributed by atoms with Crippen LogP contribution in [0, 0.1) is 28.0 Å². The van der Waals surface area contributed by atoms with E-state index < -0.39 is 7.12 Å². The number of pyridine rings is 1. The van der Waals surface area contributed by atoms with E-state index in [2.05, 4.69) is 27.6 Å². The van der Waals surface area contributed by atoms with E-state index in [4.69, 9.17) is 31.9 Å². The minimum atomic E-state index is -0.847. The van der Waals surface area contributed by atoms with Gasteiger partial charge in [0.1, 0.15) is 17.2 Å². The van der Waals surface area contributed by atoms with Gasteiger partial charge in [-0.1, -0.05) is 38.5 Å². The van der Waals surface area contributed by atoms with Crippen LogP contribution in [0.4, 0.5) is 11.4 Å². The molecule has 0 saturated heterocycles. The van der Waals surface area contributed by atoms with Gasteiger partial charge < -0.3 is 38.7 Å². The number of nitrogens with zero attached hydrogens (tertiary/aromatic N) is 3. The van der Waals surface area contributed by atoms with Gasteiger partial charge in [-0.05, 0) is 70.6 Å². The van der Waals surface area contributed by atoms with Crippen LogP contribution in [-0.4, -0.2) is 24.0 Å². The number of rotatable bonds is 4. The van der Waals surface area contributed by atoms with Gasteiger partial charge in [0.2, 0.25) is 11.6 Å². The largest absolute Gasteiger partial charge is 1.00 e. The van der Waals surface area contributed by atoms with Crippen LogP contribution < -0.4 is 137 Å². The van der Waals surface area contributed by atoms with E-state index >= 15 is 0 Å². The Kier molecular flexibility index (Phi) is 19.7. The molecule has 3 aromatic carbocycles. The monoisotopic (exact) mass is 717 g/mol. The van der Waals surface area contributed by atoms with E-state index in [1.807, 2.05) is 18.2 Å². The number of ether oxygens (including phenoxy) is 2. The van der Waals surface area contributed by atoms with E-state index in [0.29, 0.717) is 36.2 Å². The molecule has 0 saturated carbocycles. The zero-order valence-corrected chi connectivity index (χ0v) is 34.3. The predicted molar refractivity (Wildman–Crippen MR) is 164 cm³/mol. The summed E-state index contributed by atoms with van der Waals surface area (Å²) in [6.45, 7) is 17.0. The molecule has 0 unspecified atom stereocenters. The van der Waals surface area contributed by atoms with Crippen molar-refractivity contribution < 1.29 is 140 Å². The van der Waals surface area contributed by atoms with Crippen LogP contribution in [-0.2, 0) is 22.5 Å². The molecule has 4 aromatic rings. The smallest absolute Gasteiger partial charge is 0.457 e. The maximum atomic E-state index is 9.52. The molecule has 1 N–H and O–H groups in total. The summed E-state index contributed by atoms with van der Waals surface area (Å²) in [6, 6.07) is 21.8. The fourth-order valence-electron chi connectivity index (χ4n) is 4.09. The van der Waals surface area contributed by atoms with Gasteiger partial charge in [0.15, 0.2) is 5.69 Å². The SMILES string of the molecule is C.[C-]#[N+]c1ccc(Oc2ccc3c(c2)COB3C)cc1.[C-]#[N+]c1ccc(Oc2ccc3c(c2)COB3O)nc1.[CH3-].[CH3-].[Rb+].[Rb+]. The van der Waals surface area contributed by atoms with E-state index in [9.17, 15) is 5.02 Å². The molecule has 0 fully saturated rings. The first kappa shape index (κ1) is 42.0. The molecule has 2 aliphatic heterocycles. The average Bonchev–Trinajstić information content (AvgIpc) is 3.51. The summed E-state index contributed by atoms with van der Waals surface area (Å²) < 4.78 is 22.0. The topological polar surface area (TPSA) is 78.8 Å². The van der Waals surface area contributed by atoms with E-state index in [0.717, 1.165) is 22.5 Å². The van der Waals surface area contributed by atoms with Gasteiger partial charge in [0.25, 0.3) is 0 Å². The van der Waals surface area contributed by atoms with Crippen LogP contribution in [0.25, 0.3) is 9.69 Å². The summed E-state index contributed by atoms with van der Waals surface area (Å²) in [5, 5.41) is 9.52. The van der Waals surface area contributed by atoms with Crippen LogP contribution in [0.1, 0.15) is 18.6 Å². The molecule has 1 aromatic heterocycles. The van der Waals surface area contributed by atoms with Crippen LogP contribution in [0.2, 0.25) is 6.82 Å². The van der Waals surface area contributed by atoms with Crippen molar-refractivity contribution in [3.8, 4) is 23.1 Å². The first-order valence-corrected chi connectivity index (χ1v) is 11.9. The Morgan fingerprint density at radius 1 is 0.744 bits per heavy atom. The zero-order valence-electron chi connectivity index (χ0n) is 24.5. The van der Waals surface area contributed by atoms with Crippen LogP contribution in [0.15, 0.2) is 79.0 Å². The molecule has 0 bridgehead atoms. The van der Waals surface area contributed by atoms with Crippen molar-refractivity contribution in [3.63, 3.8) is 0 Å². The quantitative estimate of drug-likeness (QED) is 0.246. The molecular weight excluding hydrogens is 687 g/mol.